The summed E-state index contributed by atoms with van der Waals surface area (Å²) in [4.78, 5) is 28.0. The van der Waals surface area contributed by atoms with Crippen molar-refractivity contribution in [3.8, 4) is 0 Å². The van der Waals surface area contributed by atoms with E-state index in [9.17, 15) is 14.7 Å². The van der Waals surface area contributed by atoms with Crippen molar-refractivity contribution in [2.75, 3.05) is 39.5 Å². The van der Waals surface area contributed by atoms with Crippen LogP contribution in [0.1, 0.15) is 259 Å². The van der Waals surface area contributed by atoms with Crippen LogP contribution in [-0.2, 0) is 19.1 Å². The third kappa shape index (κ3) is 39.7. The lowest BCUT2D eigenvalue weighted by molar-refractivity contribution is -0.146. The highest BCUT2D eigenvalue weighted by Gasteiger charge is 2.15. The molecule has 6 nitrogen and oxygen atoms in total. The van der Waals surface area contributed by atoms with Gasteiger partial charge in [-0.1, -0.05) is 182 Å². The number of hydrogen-bond donors (Lipinski definition) is 1. The monoisotopic (exact) mass is 794 g/mol. The highest BCUT2D eigenvalue weighted by molar-refractivity contribution is 5.69. The van der Waals surface area contributed by atoms with E-state index in [2.05, 4.69) is 32.6 Å². The van der Waals surface area contributed by atoms with Gasteiger partial charge in [-0.3, -0.25) is 9.59 Å². The van der Waals surface area contributed by atoms with Crippen LogP contribution in [0.15, 0.2) is 0 Å². The standard InChI is InChI=1S/C50H99NO5/c1-5-9-13-17-21-25-35-47(36-26-22-18-14-10-6-2)45-55-49(53)39-29-31-41-51(43-33-34-44-52)42-32-30-40-50(54)56-46-48(37-27-23-19-15-11-7-3)38-28-24-20-16-12-8-4/h47-48,52H,5-46H2,1-4H3. The minimum atomic E-state index is -0.0348. The van der Waals surface area contributed by atoms with Gasteiger partial charge >= 0.3 is 11.9 Å². The van der Waals surface area contributed by atoms with Gasteiger partial charge in [0.05, 0.1) is 13.2 Å². The fourth-order valence-corrected chi connectivity index (χ4v) is 8.03. The normalized spacial score (nSPS) is 11.7. The lowest BCUT2D eigenvalue weighted by atomic mass is 9.94. The number of aliphatic hydroxyl groups excluding tert-OH is 1. The molecular weight excluding hydrogens is 695 g/mol. The van der Waals surface area contributed by atoms with Crippen molar-refractivity contribution in [2.24, 2.45) is 11.8 Å². The average molecular weight is 794 g/mol. The first kappa shape index (κ1) is 54.9. The topological polar surface area (TPSA) is 76.1 Å². The summed E-state index contributed by atoms with van der Waals surface area (Å²) in [6, 6.07) is 0. The van der Waals surface area contributed by atoms with Crippen LogP contribution in [0.5, 0.6) is 0 Å². The molecule has 0 aromatic carbocycles. The summed E-state index contributed by atoms with van der Waals surface area (Å²) in [5.41, 5.74) is 0. The molecule has 0 bridgehead atoms. The van der Waals surface area contributed by atoms with Crippen LogP contribution in [0.3, 0.4) is 0 Å². The predicted molar refractivity (Wildman–Crippen MR) is 241 cm³/mol. The zero-order chi connectivity index (χ0) is 41.0. The number of nitrogens with zero attached hydrogens (tertiary/aromatic N) is 1. The Kier molecular flexibility index (Phi) is 44.0. The quantitative estimate of drug-likeness (QED) is 0.0489. The van der Waals surface area contributed by atoms with Crippen molar-refractivity contribution in [1.82, 2.24) is 4.90 Å². The van der Waals surface area contributed by atoms with E-state index in [0.29, 0.717) is 37.9 Å². The molecule has 1 N–H and O–H groups in total. The second-order valence-electron chi connectivity index (χ2n) is 17.5. The third-order valence-electron chi connectivity index (χ3n) is 11.9. The van der Waals surface area contributed by atoms with E-state index < -0.39 is 0 Å². The van der Waals surface area contributed by atoms with Crippen LogP contribution < -0.4 is 0 Å². The molecule has 0 radical (unpaired) electrons. The molecule has 0 aliphatic carbocycles. The molecule has 0 fully saturated rings. The Labute approximate surface area is 350 Å². The Bertz CT molecular complexity index is 714. The maximum Gasteiger partial charge on any atom is 0.305 e. The summed E-state index contributed by atoms with van der Waals surface area (Å²) in [5, 5.41) is 9.35. The van der Waals surface area contributed by atoms with Crippen LogP contribution in [0.4, 0.5) is 0 Å². The molecule has 0 heterocycles. The van der Waals surface area contributed by atoms with Gasteiger partial charge in [-0.05, 0) is 95.7 Å². The van der Waals surface area contributed by atoms with E-state index in [1.807, 2.05) is 0 Å². The molecule has 6 heteroatoms. The molecule has 56 heavy (non-hydrogen) atoms. The first-order valence-corrected chi connectivity index (χ1v) is 25.1. The first-order valence-electron chi connectivity index (χ1n) is 25.1. The smallest absolute Gasteiger partial charge is 0.305 e. The Morgan fingerprint density at radius 2 is 0.679 bits per heavy atom. The Hall–Kier alpha value is -1.14. The van der Waals surface area contributed by atoms with Crippen LogP contribution in [0.2, 0.25) is 0 Å². The van der Waals surface area contributed by atoms with Crippen molar-refractivity contribution in [1.29, 1.82) is 0 Å². The first-order chi connectivity index (χ1) is 27.5. The Balaban J connectivity index is 4.56. The lowest BCUT2D eigenvalue weighted by Gasteiger charge is -2.22. The molecule has 0 unspecified atom stereocenters. The van der Waals surface area contributed by atoms with Crippen molar-refractivity contribution in [2.45, 2.75) is 259 Å². The molecular formula is C50H99NO5. The Morgan fingerprint density at radius 3 is 0.982 bits per heavy atom. The molecule has 0 amide bonds. The summed E-state index contributed by atoms with van der Waals surface area (Å²) >= 11 is 0. The van der Waals surface area contributed by atoms with Crippen molar-refractivity contribution < 1.29 is 24.2 Å². The molecule has 334 valence electrons. The van der Waals surface area contributed by atoms with Gasteiger partial charge in [0.1, 0.15) is 0 Å². The molecule has 0 saturated heterocycles. The maximum atomic E-state index is 12.8. The highest BCUT2D eigenvalue weighted by Crippen LogP contribution is 2.22. The lowest BCUT2D eigenvalue weighted by Crippen LogP contribution is -2.28. The van der Waals surface area contributed by atoms with E-state index in [1.165, 1.54) is 180 Å². The molecule has 0 spiro atoms. The number of esters is 2. The van der Waals surface area contributed by atoms with E-state index in [1.54, 1.807) is 0 Å². The van der Waals surface area contributed by atoms with Gasteiger partial charge in [0.15, 0.2) is 0 Å². The zero-order valence-corrected chi connectivity index (χ0v) is 38.4. The number of aliphatic hydroxyl groups is 1. The molecule has 0 rings (SSSR count). The number of carbonyl (C=O) groups is 2. The van der Waals surface area contributed by atoms with Crippen LogP contribution in [0, 0.1) is 11.8 Å². The second-order valence-corrected chi connectivity index (χ2v) is 17.5. The molecule has 0 aromatic rings. The van der Waals surface area contributed by atoms with E-state index in [-0.39, 0.29) is 18.5 Å². The van der Waals surface area contributed by atoms with E-state index in [4.69, 9.17) is 9.47 Å². The average Bonchev–Trinajstić information content (AvgIpc) is 3.20. The minimum Gasteiger partial charge on any atom is -0.465 e. The van der Waals surface area contributed by atoms with Gasteiger partial charge in [-0.25, -0.2) is 0 Å². The molecule has 0 aliphatic heterocycles. The van der Waals surface area contributed by atoms with E-state index in [0.717, 1.165) is 58.2 Å². The summed E-state index contributed by atoms with van der Waals surface area (Å²) in [7, 11) is 0. The predicted octanol–water partition coefficient (Wildman–Crippen LogP) is 14.7. The van der Waals surface area contributed by atoms with Crippen molar-refractivity contribution >= 4 is 11.9 Å². The second kappa shape index (κ2) is 45.0. The number of ether oxygens (including phenoxy) is 2. The number of rotatable bonds is 46. The summed E-state index contributed by atoms with van der Waals surface area (Å²) in [6.07, 6.45) is 42.6. The Morgan fingerprint density at radius 1 is 0.393 bits per heavy atom. The van der Waals surface area contributed by atoms with Crippen LogP contribution in [0.25, 0.3) is 0 Å². The maximum absolute atomic E-state index is 12.8. The SMILES string of the molecule is CCCCCCCCC(CCCCCCCC)COC(=O)CCCCN(CCCCO)CCCCC(=O)OCC(CCCCCCCC)CCCCCCCC. The molecule has 0 saturated carbocycles. The fourth-order valence-electron chi connectivity index (χ4n) is 8.03. The summed E-state index contributed by atoms with van der Waals surface area (Å²) in [5.74, 6) is 0.944. The van der Waals surface area contributed by atoms with Crippen molar-refractivity contribution in [3.63, 3.8) is 0 Å². The molecule has 0 atom stereocenters. The van der Waals surface area contributed by atoms with Gasteiger partial charge in [-0.15, -0.1) is 0 Å². The highest BCUT2D eigenvalue weighted by atomic mass is 16.5. The van der Waals surface area contributed by atoms with Gasteiger partial charge in [0, 0.05) is 19.4 Å². The number of unbranched alkanes of at least 4 members (excludes halogenated alkanes) is 23. The van der Waals surface area contributed by atoms with Gasteiger partial charge in [0.25, 0.3) is 0 Å². The molecule has 0 aromatic heterocycles. The molecule has 0 aliphatic rings. The minimum absolute atomic E-state index is 0.0348. The van der Waals surface area contributed by atoms with Gasteiger partial charge in [0.2, 0.25) is 0 Å². The van der Waals surface area contributed by atoms with E-state index >= 15 is 0 Å². The number of carbonyl (C=O) groups excluding carboxylic acids is 2. The van der Waals surface area contributed by atoms with Crippen LogP contribution >= 0.6 is 0 Å². The third-order valence-corrected chi connectivity index (χ3v) is 11.9. The van der Waals surface area contributed by atoms with Crippen LogP contribution in [-0.4, -0.2) is 61.4 Å². The summed E-state index contributed by atoms with van der Waals surface area (Å²) < 4.78 is 11.7. The van der Waals surface area contributed by atoms with Gasteiger partial charge < -0.3 is 19.5 Å². The number of hydrogen-bond acceptors (Lipinski definition) is 6. The largest absolute Gasteiger partial charge is 0.465 e. The zero-order valence-electron chi connectivity index (χ0n) is 38.4. The van der Waals surface area contributed by atoms with Crippen molar-refractivity contribution in [3.05, 3.63) is 0 Å². The van der Waals surface area contributed by atoms with Gasteiger partial charge in [-0.2, -0.15) is 0 Å². The fraction of sp³-hybridized carbons (Fsp3) is 0.960. The summed E-state index contributed by atoms with van der Waals surface area (Å²) in [6.45, 7) is 13.3.